The van der Waals surface area contributed by atoms with Crippen LogP contribution in [-0.4, -0.2) is 44.5 Å². The Kier molecular flexibility index (Phi) is 4.21. The minimum absolute atomic E-state index is 0.328. The fourth-order valence-corrected chi connectivity index (χ4v) is 3.85. The molecule has 90 valence electrons. The molecule has 1 aromatic heterocycles. The van der Waals surface area contributed by atoms with Crippen LogP contribution in [0, 0.1) is 5.41 Å². The van der Waals surface area contributed by atoms with E-state index in [-0.39, 0.29) is 0 Å². The number of alkyl halides is 1. The van der Waals surface area contributed by atoms with Gasteiger partial charge in [0.1, 0.15) is 0 Å². The first-order valence-corrected chi connectivity index (χ1v) is 7.35. The summed E-state index contributed by atoms with van der Waals surface area (Å²) in [5.74, 6) is 1.04. The highest BCUT2D eigenvalue weighted by atomic mass is 79.9. The number of ether oxygens (including phenoxy) is 1. The standard InChI is InChI=1S/C9H15BrN4OS/c1-14-8(11-12-13-14)16-7-9(6-10)2-4-15-5-3-9/h2-7H2,1H3. The maximum Gasteiger partial charge on any atom is 0.209 e. The number of rotatable bonds is 4. The summed E-state index contributed by atoms with van der Waals surface area (Å²) in [6, 6.07) is 0. The molecule has 1 saturated heterocycles. The zero-order valence-electron chi connectivity index (χ0n) is 9.23. The molecule has 0 radical (unpaired) electrons. The quantitative estimate of drug-likeness (QED) is 0.623. The van der Waals surface area contributed by atoms with Crippen molar-refractivity contribution in [1.29, 1.82) is 0 Å². The SMILES string of the molecule is Cn1nnnc1SCC1(CBr)CCOCC1. The Morgan fingerprint density at radius 2 is 2.25 bits per heavy atom. The lowest BCUT2D eigenvalue weighted by Gasteiger charge is -2.35. The maximum atomic E-state index is 5.41. The van der Waals surface area contributed by atoms with Crippen LogP contribution in [0.2, 0.25) is 0 Å². The van der Waals surface area contributed by atoms with Gasteiger partial charge in [-0.25, -0.2) is 4.68 Å². The van der Waals surface area contributed by atoms with Crippen molar-refractivity contribution < 1.29 is 4.74 Å². The maximum absolute atomic E-state index is 5.41. The van der Waals surface area contributed by atoms with Crippen molar-refractivity contribution in [2.45, 2.75) is 18.0 Å². The van der Waals surface area contributed by atoms with E-state index in [0.717, 1.165) is 42.3 Å². The van der Waals surface area contributed by atoms with Crippen LogP contribution in [0.4, 0.5) is 0 Å². The topological polar surface area (TPSA) is 52.8 Å². The molecule has 7 heteroatoms. The van der Waals surface area contributed by atoms with Crippen LogP contribution >= 0.6 is 27.7 Å². The molecule has 1 fully saturated rings. The molecular formula is C9H15BrN4OS. The number of halogens is 1. The van der Waals surface area contributed by atoms with Crippen molar-refractivity contribution in [3.05, 3.63) is 0 Å². The lowest BCUT2D eigenvalue weighted by molar-refractivity contribution is 0.0374. The molecule has 1 aromatic rings. The summed E-state index contributed by atoms with van der Waals surface area (Å²) in [5.41, 5.74) is 0.328. The third-order valence-electron chi connectivity index (χ3n) is 2.93. The normalized spacial score (nSPS) is 19.9. The Labute approximate surface area is 107 Å². The third kappa shape index (κ3) is 2.75. The van der Waals surface area contributed by atoms with Crippen molar-refractivity contribution in [3.8, 4) is 0 Å². The molecule has 0 amide bonds. The smallest absolute Gasteiger partial charge is 0.209 e. The van der Waals surface area contributed by atoms with E-state index in [2.05, 4.69) is 31.5 Å². The third-order valence-corrected chi connectivity index (χ3v) is 5.48. The lowest BCUT2D eigenvalue weighted by atomic mass is 9.85. The van der Waals surface area contributed by atoms with Gasteiger partial charge in [0, 0.05) is 31.3 Å². The number of aryl methyl sites for hydroxylation is 1. The highest BCUT2D eigenvalue weighted by molar-refractivity contribution is 9.09. The number of tetrazole rings is 1. The van der Waals surface area contributed by atoms with Crippen molar-refractivity contribution >= 4 is 27.7 Å². The van der Waals surface area contributed by atoms with Gasteiger partial charge in [-0.3, -0.25) is 0 Å². The van der Waals surface area contributed by atoms with Gasteiger partial charge in [0.15, 0.2) is 0 Å². The van der Waals surface area contributed by atoms with Crippen molar-refractivity contribution in [2.24, 2.45) is 12.5 Å². The Hall–Kier alpha value is -0.140. The van der Waals surface area contributed by atoms with Crippen LogP contribution in [-0.2, 0) is 11.8 Å². The van der Waals surface area contributed by atoms with E-state index in [1.807, 2.05) is 7.05 Å². The van der Waals surface area contributed by atoms with Gasteiger partial charge in [-0.1, -0.05) is 27.7 Å². The van der Waals surface area contributed by atoms with Gasteiger partial charge in [-0.15, -0.1) is 5.10 Å². The van der Waals surface area contributed by atoms with Gasteiger partial charge < -0.3 is 4.74 Å². The molecular weight excluding hydrogens is 292 g/mol. The number of aromatic nitrogens is 4. The Morgan fingerprint density at radius 1 is 1.50 bits per heavy atom. The fourth-order valence-electron chi connectivity index (χ4n) is 1.68. The van der Waals surface area contributed by atoms with Crippen LogP contribution in [0.15, 0.2) is 5.16 Å². The molecule has 0 aliphatic carbocycles. The molecule has 0 bridgehead atoms. The Morgan fingerprint density at radius 3 is 2.81 bits per heavy atom. The molecule has 0 unspecified atom stereocenters. The molecule has 0 atom stereocenters. The second-order valence-corrected chi connectivity index (χ2v) is 5.62. The zero-order valence-corrected chi connectivity index (χ0v) is 11.6. The first-order chi connectivity index (χ1) is 7.76. The van der Waals surface area contributed by atoms with Gasteiger partial charge in [0.2, 0.25) is 5.16 Å². The monoisotopic (exact) mass is 306 g/mol. The predicted molar refractivity (Wildman–Crippen MR) is 65.8 cm³/mol. The first kappa shape index (κ1) is 12.3. The Balaban J connectivity index is 1.94. The second-order valence-electron chi connectivity index (χ2n) is 4.12. The predicted octanol–water partition coefficient (Wildman–Crippen LogP) is 1.49. The minimum Gasteiger partial charge on any atom is -0.381 e. The van der Waals surface area contributed by atoms with Gasteiger partial charge in [-0.2, -0.15) is 0 Å². The molecule has 1 aliphatic heterocycles. The molecule has 0 spiro atoms. The number of nitrogens with zero attached hydrogens (tertiary/aromatic N) is 4. The van der Waals surface area contributed by atoms with Gasteiger partial charge in [-0.05, 0) is 28.7 Å². The largest absolute Gasteiger partial charge is 0.381 e. The fraction of sp³-hybridized carbons (Fsp3) is 0.889. The van der Waals surface area contributed by atoms with Crippen LogP contribution < -0.4 is 0 Å². The summed E-state index contributed by atoms with van der Waals surface area (Å²) in [4.78, 5) is 0. The lowest BCUT2D eigenvalue weighted by Crippen LogP contribution is -2.33. The van der Waals surface area contributed by atoms with E-state index in [9.17, 15) is 0 Å². The van der Waals surface area contributed by atoms with Crippen molar-refractivity contribution in [1.82, 2.24) is 20.2 Å². The molecule has 16 heavy (non-hydrogen) atoms. The molecule has 2 heterocycles. The van der Waals surface area contributed by atoms with Crippen LogP contribution in [0.1, 0.15) is 12.8 Å². The number of thioether (sulfide) groups is 1. The highest BCUT2D eigenvalue weighted by Gasteiger charge is 2.32. The second kappa shape index (κ2) is 5.46. The highest BCUT2D eigenvalue weighted by Crippen LogP contribution is 2.37. The summed E-state index contributed by atoms with van der Waals surface area (Å²) in [6.07, 6.45) is 2.22. The summed E-state index contributed by atoms with van der Waals surface area (Å²) in [5, 5.41) is 13.3. The van der Waals surface area contributed by atoms with E-state index in [4.69, 9.17) is 4.74 Å². The number of hydrogen-bond acceptors (Lipinski definition) is 5. The van der Waals surface area contributed by atoms with Crippen LogP contribution in [0.5, 0.6) is 0 Å². The average Bonchev–Trinajstić information content (AvgIpc) is 2.74. The summed E-state index contributed by atoms with van der Waals surface area (Å²) in [6.45, 7) is 1.73. The van der Waals surface area contributed by atoms with E-state index >= 15 is 0 Å². The Bertz CT molecular complexity index is 340. The first-order valence-electron chi connectivity index (χ1n) is 5.25. The summed E-state index contributed by atoms with van der Waals surface area (Å²) in [7, 11) is 1.87. The average molecular weight is 307 g/mol. The molecule has 1 aliphatic rings. The van der Waals surface area contributed by atoms with E-state index in [0.29, 0.717) is 5.41 Å². The summed E-state index contributed by atoms with van der Waals surface area (Å²) >= 11 is 5.35. The molecule has 5 nitrogen and oxygen atoms in total. The molecule has 0 aromatic carbocycles. The minimum atomic E-state index is 0.328. The summed E-state index contributed by atoms with van der Waals surface area (Å²) < 4.78 is 7.13. The van der Waals surface area contributed by atoms with Crippen molar-refractivity contribution in [2.75, 3.05) is 24.3 Å². The van der Waals surface area contributed by atoms with Crippen molar-refractivity contribution in [3.63, 3.8) is 0 Å². The molecule has 0 N–H and O–H groups in total. The van der Waals surface area contributed by atoms with E-state index in [1.165, 1.54) is 0 Å². The van der Waals surface area contributed by atoms with Gasteiger partial charge >= 0.3 is 0 Å². The van der Waals surface area contributed by atoms with Gasteiger partial charge in [0.05, 0.1) is 0 Å². The molecule has 0 saturated carbocycles. The van der Waals surface area contributed by atoms with Crippen LogP contribution in [0.25, 0.3) is 0 Å². The zero-order chi connectivity index (χ0) is 11.4. The van der Waals surface area contributed by atoms with E-state index in [1.54, 1.807) is 16.4 Å². The van der Waals surface area contributed by atoms with E-state index < -0.39 is 0 Å². The molecule has 2 rings (SSSR count). The number of hydrogen-bond donors (Lipinski definition) is 0. The van der Waals surface area contributed by atoms with Gasteiger partial charge in [0.25, 0.3) is 0 Å². The van der Waals surface area contributed by atoms with Crippen LogP contribution in [0.3, 0.4) is 0 Å².